The third kappa shape index (κ3) is 5.91. The Kier molecular flexibility index (Phi) is 7.15. The Balaban J connectivity index is 1.72. The fraction of sp³-hybridized carbons (Fsp3) is 0.273. The normalized spacial score (nSPS) is 11.7. The summed E-state index contributed by atoms with van der Waals surface area (Å²) in [5, 5.41) is 16.6. The van der Waals surface area contributed by atoms with Gasteiger partial charge in [-0.15, -0.1) is 10.2 Å². The standard InChI is InChI=1S/C22H26N6O2/c1-16(2)29-20-11-7-5-9-18(20)13-23-26-22-27-24-15-28(22)25-14-19-10-6-8-12-21(19)30-17(3)4/h5-17H,1-4H3,(H,26,27)/b23-13-,25-14-. The van der Waals surface area contributed by atoms with Gasteiger partial charge in [-0.05, 0) is 52.0 Å². The van der Waals surface area contributed by atoms with Crippen molar-refractivity contribution in [1.29, 1.82) is 0 Å². The number of anilines is 1. The van der Waals surface area contributed by atoms with Crippen LogP contribution in [-0.2, 0) is 0 Å². The van der Waals surface area contributed by atoms with E-state index in [-0.39, 0.29) is 12.2 Å². The molecule has 1 aromatic heterocycles. The molecule has 2 aromatic carbocycles. The van der Waals surface area contributed by atoms with Gasteiger partial charge in [0.05, 0.1) is 24.6 Å². The second-order valence-corrected chi connectivity index (χ2v) is 7.02. The van der Waals surface area contributed by atoms with E-state index in [2.05, 4.69) is 25.8 Å². The van der Waals surface area contributed by atoms with Gasteiger partial charge in [0.2, 0.25) is 0 Å². The zero-order valence-corrected chi connectivity index (χ0v) is 17.6. The topological polar surface area (TPSA) is 85.9 Å². The second-order valence-electron chi connectivity index (χ2n) is 7.02. The van der Waals surface area contributed by atoms with Crippen LogP contribution in [0.3, 0.4) is 0 Å². The third-order valence-corrected chi connectivity index (χ3v) is 3.78. The summed E-state index contributed by atoms with van der Waals surface area (Å²) in [6, 6.07) is 15.4. The molecular formula is C22H26N6O2. The Hall–Kier alpha value is -3.68. The lowest BCUT2D eigenvalue weighted by Gasteiger charge is -2.11. The van der Waals surface area contributed by atoms with E-state index in [1.807, 2.05) is 76.2 Å². The Labute approximate surface area is 176 Å². The van der Waals surface area contributed by atoms with Crippen molar-refractivity contribution in [3.8, 4) is 11.5 Å². The molecule has 0 spiro atoms. The minimum absolute atomic E-state index is 0.0728. The molecule has 3 aromatic rings. The van der Waals surface area contributed by atoms with Gasteiger partial charge in [-0.3, -0.25) is 0 Å². The molecule has 30 heavy (non-hydrogen) atoms. The molecule has 1 heterocycles. The molecule has 1 N–H and O–H groups in total. The largest absolute Gasteiger partial charge is 0.490 e. The Bertz CT molecular complexity index is 1010. The summed E-state index contributed by atoms with van der Waals surface area (Å²) in [7, 11) is 0. The number of nitrogens with one attached hydrogen (secondary N) is 1. The molecule has 8 heteroatoms. The van der Waals surface area contributed by atoms with Crippen LogP contribution in [0.25, 0.3) is 0 Å². The first-order valence-corrected chi connectivity index (χ1v) is 9.77. The van der Waals surface area contributed by atoms with Gasteiger partial charge in [0.25, 0.3) is 5.95 Å². The van der Waals surface area contributed by atoms with E-state index in [0.717, 1.165) is 22.6 Å². The van der Waals surface area contributed by atoms with Crippen LogP contribution < -0.4 is 14.9 Å². The van der Waals surface area contributed by atoms with Crippen molar-refractivity contribution in [2.75, 3.05) is 5.43 Å². The van der Waals surface area contributed by atoms with Crippen molar-refractivity contribution >= 4 is 18.4 Å². The first kappa shape index (κ1) is 21.0. The summed E-state index contributed by atoms with van der Waals surface area (Å²) in [5.41, 5.74) is 4.57. The van der Waals surface area contributed by atoms with Gasteiger partial charge in [0, 0.05) is 11.1 Å². The molecular weight excluding hydrogens is 380 g/mol. The first-order valence-electron chi connectivity index (χ1n) is 9.77. The van der Waals surface area contributed by atoms with Crippen molar-refractivity contribution in [2.45, 2.75) is 39.9 Å². The summed E-state index contributed by atoms with van der Waals surface area (Å²) in [5.74, 6) is 1.91. The summed E-state index contributed by atoms with van der Waals surface area (Å²) >= 11 is 0. The number of rotatable bonds is 9. The number of ether oxygens (including phenoxy) is 2. The molecule has 0 saturated carbocycles. The predicted octanol–water partition coefficient (Wildman–Crippen LogP) is 4.18. The van der Waals surface area contributed by atoms with E-state index in [1.54, 1.807) is 12.4 Å². The number of benzene rings is 2. The Morgan fingerprint density at radius 2 is 1.43 bits per heavy atom. The molecule has 0 fully saturated rings. The predicted molar refractivity (Wildman–Crippen MR) is 119 cm³/mol. The molecule has 0 aliphatic heterocycles. The minimum Gasteiger partial charge on any atom is -0.490 e. The van der Waals surface area contributed by atoms with Gasteiger partial charge in [0.15, 0.2) is 0 Å². The SMILES string of the molecule is CC(C)Oc1ccccc1/C=N\Nc1nncn1/N=C\c1ccccc1OC(C)C. The highest BCUT2D eigenvalue weighted by Crippen LogP contribution is 2.18. The molecule has 0 atom stereocenters. The van der Waals surface area contributed by atoms with Crippen LogP contribution in [0.15, 0.2) is 65.1 Å². The maximum Gasteiger partial charge on any atom is 0.265 e. The summed E-state index contributed by atoms with van der Waals surface area (Å²) in [4.78, 5) is 0. The van der Waals surface area contributed by atoms with Crippen LogP contribution in [0.4, 0.5) is 5.95 Å². The van der Waals surface area contributed by atoms with Crippen molar-refractivity contribution in [2.24, 2.45) is 10.2 Å². The van der Waals surface area contributed by atoms with Crippen LogP contribution in [0.5, 0.6) is 11.5 Å². The highest BCUT2D eigenvalue weighted by molar-refractivity contribution is 5.84. The van der Waals surface area contributed by atoms with Crippen molar-refractivity contribution < 1.29 is 9.47 Å². The smallest absolute Gasteiger partial charge is 0.265 e. The molecule has 0 radical (unpaired) electrons. The van der Waals surface area contributed by atoms with E-state index in [1.165, 1.54) is 11.0 Å². The maximum atomic E-state index is 5.82. The van der Waals surface area contributed by atoms with Crippen LogP contribution in [0, 0.1) is 0 Å². The number of hydrazone groups is 1. The Morgan fingerprint density at radius 3 is 2.03 bits per heavy atom. The lowest BCUT2D eigenvalue weighted by molar-refractivity contribution is 0.242. The fourth-order valence-corrected chi connectivity index (χ4v) is 2.57. The average Bonchev–Trinajstić information content (AvgIpc) is 3.15. The lowest BCUT2D eigenvalue weighted by atomic mass is 10.2. The van der Waals surface area contributed by atoms with Crippen LogP contribution >= 0.6 is 0 Å². The second kappa shape index (κ2) is 10.2. The average molecular weight is 406 g/mol. The highest BCUT2D eigenvalue weighted by Gasteiger charge is 2.06. The highest BCUT2D eigenvalue weighted by atomic mass is 16.5. The minimum atomic E-state index is 0.0728. The molecule has 0 amide bonds. The summed E-state index contributed by atoms with van der Waals surface area (Å²) < 4.78 is 13.1. The third-order valence-electron chi connectivity index (χ3n) is 3.78. The van der Waals surface area contributed by atoms with Gasteiger partial charge in [-0.1, -0.05) is 24.3 Å². The van der Waals surface area contributed by atoms with Gasteiger partial charge in [0.1, 0.15) is 17.8 Å². The van der Waals surface area contributed by atoms with Gasteiger partial charge >= 0.3 is 0 Å². The zero-order valence-electron chi connectivity index (χ0n) is 17.6. The van der Waals surface area contributed by atoms with Gasteiger partial charge < -0.3 is 9.47 Å². The molecule has 3 rings (SSSR count). The van der Waals surface area contributed by atoms with Crippen LogP contribution in [0.1, 0.15) is 38.8 Å². The number of hydrogen-bond donors (Lipinski definition) is 1. The number of para-hydroxylation sites is 2. The molecule has 0 unspecified atom stereocenters. The first-order chi connectivity index (χ1) is 14.5. The molecule has 0 aliphatic carbocycles. The van der Waals surface area contributed by atoms with Gasteiger partial charge in [-0.2, -0.15) is 14.9 Å². The zero-order chi connectivity index (χ0) is 21.3. The molecule has 0 bridgehead atoms. The van der Waals surface area contributed by atoms with Crippen molar-refractivity contribution in [3.63, 3.8) is 0 Å². The van der Waals surface area contributed by atoms with E-state index in [4.69, 9.17) is 9.47 Å². The van der Waals surface area contributed by atoms with Crippen LogP contribution in [-0.4, -0.2) is 39.5 Å². The van der Waals surface area contributed by atoms with E-state index in [0.29, 0.717) is 5.95 Å². The lowest BCUT2D eigenvalue weighted by Crippen LogP contribution is -2.07. The van der Waals surface area contributed by atoms with Crippen LogP contribution in [0.2, 0.25) is 0 Å². The summed E-state index contributed by atoms with van der Waals surface area (Å²) in [6.45, 7) is 7.93. The Morgan fingerprint density at radius 1 is 0.867 bits per heavy atom. The maximum absolute atomic E-state index is 5.82. The van der Waals surface area contributed by atoms with E-state index < -0.39 is 0 Å². The molecule has 0 aliphatic rings. The van der Waals surface area contributed by atoms with Crippen molar-refractivity contribution in [3.05, 3.63) is 66.0 Å². The monoisotopic (exact) mass is 406 g/mol. The summed E-state index contributed by atoms with van der Waals surface area (Å²) in [6.07, 6.45) is 5.01. The molecule has 0 saturated heterocycles. The van der Waals surface area contributed by atoms with Crippen molar-refractivity contribution in [1.82, 2.24) is 14.9 Å². The van der Waals surface area contributed by atoms with E-state index >= 15 is 0 Å². The van der Waals surface area contributed by atoms with E-state index in [9.17, 15) is 0 Å². The quantitative estimate of drug-likeness (QED) is 0.426. The number of hydrogen-bond acceptors (Lipinski definition) is 7. The number of aromatic nitrogens is 3. The molecule has 8 nitrogen and oxygen atoms in total. The molecule has 156 valence electrons. The van der Waals surface area contributed by atoms with Gasteiger partial charge in [-0.25, -0.2) is 5.43 Å². The fourth-order valence-electron chi connectivity index (χ4n) is 2.57. The number of nitrogens with zero attached hydrogens (tertiary/aromatic N) is 5.